The van der Waals surface area contributed by atoms with Crippen molar-refractivity contribution < 1.29 is 27.5 Å². The lowest BCUT2D eigenvalue weighted by molar-refractivity contribution is -0.286. The molecule has 186 valence electrons. The van der Waals surface area contributed by atoms with Gasteiger partial charge in [0.05, 0.1) is 11.6 Å². The molecular weight excluding hydrogens is 472 g/mol. The molecule has 0 saturated heterocycles. The molecule has 0 fully saturated rings. The second-order valence-electron chi connectivity index (χ2n) is 9.56. The van der Waals surface area contributed by atoms with Crippen molar-refractivity contribution in [2.24, 2.45) is 0 Å². The number of hydrogen-bond donors (Lipinski definition) is 0. The van der Waals surface area contributed by atoms with Crippen molar-refractivity contribution in [3.63, 3.8) is 0 Å². The van der Waals surface area contributed by atoms with Gasteiger partial charge in [0, 0.05) is 24.4 Å². The second-order valence-corrected chi connectivity index (χ2v) is 9.56. The van der Waals surface area contributed by atoms with Crippen molar-refractivity contribution in [3.8, 4) is 22.8 Å². The van der Waals surface area contributed by atoms with Gasteiger partial charge in [0.15, 0.2) is 17.1 Å². The van der Waals surface area contributed by atoms with Crippen LogP contribution in [0.1, 0.15) is 26.3 Å². The molecule has 2 aromatic carbocycles. The number of carbonyl (C=O) groups excluding carboxylic acids is 1. The first-order valence-electron chi connectivity index (χ1n) is 11.2. The molecule has 0 spiro atoms. The van der Waals surface area contributed by atoms with Crippen LogP contribution in [0.25, 0.3) is 22.2 Å². The summed E-state index contributed by atoms with van der Waals surface area (Å²) in [7, 11) is 1.47. The smallest absolute Gasteiger partial charge is 0.462 e. The number of likely N-dealkylation sites (N-methyl/N-ethyl adjacent to an activating group) is 1. The predicted molar refractivity (Wildman–Crippen MR) is 128 cm³/mol. The highest BCUT2D eigenvalue weighted by atomic mass is 19.3. The number of anilines is 1. The summed E-state index contributed by atoms with van der Waals surface area (Å²) >= 11 is 0. The highest BCUT2D eigenvalue weighted by molar-refractivity contribution is 5.94. The Hall–Kier alpha value is -4.21. The van der Waals surface area contributed by atoms with Crippen LogP contribution >= 0.6 is 0 Å². The van der Waals surface area contributed by atoms with Gasteiger partial charge in [-0.15, -0.1) is 8.78 Å². The Labute approximate surface area is 204 Å². The lowest BCUT2D eigenvalue weighted by Gasteiger charge is -2.20. The standard InChI is InChI=1S/C26H23F2N3O5/c1-25(2,3)16-7-5-6-15(12-16)22-23-18(10-11-34-23)24(33)31(29-22)14-21(32)30(4)17-8-9-19-20(13-17)36-26(27,28)35-19/h5-13H,14H2,1-4H3. The van der Waals surface area contributed by atoms with Crippen molar-refractivity contribution in [1.29, 1.82) is 0 Å². The van der Waals surface area contributed by atoms with Crippen molar-refractivity contribution in [1.82, 2.24) is 9.78 Å². The number of fused-ring (bicyclic) bond motifs is 2. The first-order valence-corrected chi connectivity index (χ1v) is 11.2. The van der Waals surface area contributed by atoms with Gasteiger partial charge in [-0.25, -0.2) is 4.68 Å². The minimum Gasteiger partial charge on any atom is -0.462 e. The van der Waals surface area contributed by atoms with E-state index in [-0.39, 0.29) is 29.1 Å². The summed E-state index contributed by atoms with van der Waals surface area (Å²) in [5, 5.41) is 4.77. The molecule has 1 aliphatic rings. The molecule has 0 saturated carbocycles. The quantitative estimate of drug-likeness (QED) is 0.399. The lowest BCUT2D eigenvalue weighted by atomic mass is 9.86. The summed E-state index contributed by atoms with van der Waals surface area (Å²) in [5.41, 5.74) is 2.27. The maximum Gasteiger partial charge on any atom is 0.586 e. The molecule has 1 amide bonds. The average Bonchev–Trinajstić information content (AvgIpc) is 3.42. The first kappa shape index (κ1) is 23.5. The average molecular weight is 495 g/mol. The third-order valence-electron chi connectivity index (χ3n) is 6.00. The number of amides is 1. The molecule has 0 radical (unpaired) electrons. The Bertz CT molecular complexity index is 1550. The van der Waals surface area contributed by atoms with Crippen LogP contribution in [-0.4, -0.2) is 29.0 Å². The zero-order valence-electron chi connectivity index (χ0n) is 20.0. The van der Waals surface area contributed by atoms with Crippen LogP contribution in [0.2, 0.25) is 0 Å². The van der Waals surface area contributed by atoms with Gasteiger partial charge in [-0.3, -0.25) is 9.59 Å². The molecule has 2 aromatic heterocycles. The summed E-state index contributed by atoms with van der Waals surface area (Å²) in [4.78, 5) is 27.4. The van der Waals surface area contributed by atoms with Gasteiger partial charge < -0.3 is 18.8 Å². The zero-order valence-corrected chi connectivity index (χ0v) is 20.0. The van der Waals surface area contributed by atoms with Crippen LogP contribution < -0.4 is 19.9 Å². The molecule has 0 aliphatic carbocycles. The molecule has 0 unspecified atom stereocenters. The van der Waals surface area contributed by atoms with E-state index in [1.54, 1.807) is 6.07 Å². The van der Waals surface area contributed by atoms with E-state index in [9.17, 15) is 18.4 Å². The van der Waals surface area contributed by atoms with Gasteiger partial charge in [0.1, 0.15) is 12.2 Å². The van der Waals surface area contributed by atoms with Crippen LogP contribution in [-0.2, 0) is 16.8 Å². The molecule has 36 heavy (non-hydrogen) atoms. The molecular formula is C26H23F2N3O5. The number of halogens is 2. The Morgan fingerprint density at radius 2 is 1.83 bits per heavy atom. The van der Waals surface area contributed by atoms with Crippen LogP contribution in [0, 0.1) is 0 Å². The van der Waals surface area contributed by atoms with E-state index < -0.39 is 17.8 Å². The fraction of sp³-hybridized carbons (Fsp3) is 0.269. The van der Waals surface area contributed by atoms with Crippen molar-refractivity contribution >= 4 is 22.6 Å². The zero-order chi connectivity index (χ0) is 25.8. The van der Waals surface area contributed by atoms with E-state index >= 15 is 0 Å². The Balaban J connectivity index is 1.49. The van der Waals surface area contributed by atoms with E-state index in [1.807, 2.05) is 24.3 Å². The molecule has 1 aliphatic heterocycles. The largest absolute Gasteiger partial charge is 0.586 e. The number of ether oxygens (including phenoxy) is 2. The van der Waals surface area contributed by atoms with E-state index in [0.717, 1.165) is 15.8 Å². The minimum atomic E-state index is -3.76. The summed E-state index contributed by atoms with van der Waals surface area (Å²) in [6.45, 7) is 5.89. The third-order valence-corrected chi connectivity index (χ3v) is 6.00. The topological polar surface area (TPSA) is 86.8 Å². The van der Waals surface area contributed by atoms with E-state index in [1.165, 1.54) is 36.4 Å². The minimum absolute atomic E-state index is 0.111. The highest BCUT2D eigenvalue weighted by Crippen LogP contribution is 2.42. The van der Waals surface area contributed by atoms with Crippen molar-refractivity contribution in [2.75, 3.05) is 11.9 Å². The number of carbonyl (C=O) groups is 1. The Morgan fingerprint density at radius 3 is 2.58 bits per heavy atom. The molecule has 0 bridgehead atoms. The molecule has 10 heteroatoms. The van der Waals surface area contributed by atoms with Gasteiger partial charge in [-0.05, 0) is 35.2 Å². The molecule has 0 N–H and O–H groups in total. The second kappa shape index (κ2) is 8.18. The van der Waals surface area contributed by atoms with Gasteiger partial charge in [-0.2, -0.15) is 5.10 Å². The maximum absolute atomic E-state index is 13.4. The van der Waals surface area contributed by atoms with Gasteiger partial charge in [-0.1, -0.05) is 39.0 Å². The molecule has 0 atom stereocenters. The number of hydrogen-bond acceptors (Lipinski definition) is 6. The van der Waals surface area contributed by atoms with E-state index in [4.69, 9.17) is 4.42 Å². The molecule has 4 aromatic rings. The number of rotatable bonds is 4. The Kier molecular flexibility index (Phi) is 5.35. The fourth-order valence-corrected chi connectivity index (χ4v) is 3.97. The van der Waals surface area contributed by atoms with Crippen LogP contribution in [0.4, 0.5) is 14.5 Å². The summed E-state index contributed by atoms with van der Waals surface area (Å²) in [6.07, 6.45) is -2.35. The Morgan fingerprint density at radius 1 is 1.08 bits per heavy atom. The predicted octanol–water partition coefficient (Wildman–Crippen LogP) is 4.94. The first-order chi connectivity index (χ1) is 16.9. The van der Waals surface area contributed by atoms with Crippen LogP contribution in [0.15, 0.2) is 64.0 Å². The number of alkyl halides is 2. The highest BCUT2D eigenvalue weighted by Gasteiger charge is 2.43. The number of benzene rings is 2. The number of furan rings is 1. The van der Waals surface area contributed by atoms with E-state index in [0.29, 0.717) is 16.7 Å². The third kappa shape index (κ3) is 4.19. The molecule has 5 rings (SSSR count). The van der Waals surface area contributed by atoms with Gasteiger partial charge in [0.2, 0.25) is 5.91 Å². The van der Waals surface area contributed by atoms with Gasteiger partial charge >= 0.3 is 6.29 Å². The summed E-state index contributed by atoms with van der Waals surface area (Å²) < 4.78 is 42.2. The molecule has 8 nitrogen and oxygen atoms in total. The SMILES string of the molecule is CN(C(=O)Cn1nc(-c2cccc(C(C)(C)C)c2)c2occc2c1=O)c1ccc2c(c1)OC(F)(F)O2. The summed E-state index contributed by atoms with van der Waals surface area (Å²) in [6, 6.07) is 13.3. The van der Waals surface area contributed by atoms with Gasteiger partial charge in [0.25, 0.3) is 5.56 Å². The number of nitrogens with zero attached hydrogens (tertiary/aromatic N) is 3. The van der Waals surface area contributed by atoms with E-state index in [2.05, 4.69) is 35.3 Å². The normalized spacial score (nSPS) is 14.3. The van der Waals surface area contributed by atoms with Crippen LogP contribution in [0.5, 0.6) is 11.5 Å². The van der Waals surface area contributed by atoms with Crippen molar-refractivity contribution in [3.05, 3.63) is 70.7 Å². The molecule has 3 heterocycles. The van der Waals surface area contributed by atoms with Crippen LogP contribution in [0.3, 0.4) is 0 Å². The fourth-order valence-electron chi connectivity index (χ4n) is 3.97. The maximum atomic E-state index is 13.4. The monoisotopic (exact) mass is 495 g/mol. The summed E-state index contributed by atoms with van der Waals surface area (Å²) in [5.74, 6) is -0.809. The lowest BCUT2D eigenvalue weighted by Crippen LogP contribution is -2.35. The van der Waals surface area contributed by atoms with Crippen molar-refractivity contribution in [2.45, 2.75) is 39.0 Å². The number of aromatic nitrogens is 2.